The zero-order valence-electron chi connectivity index (χ0n) is 22.0. The van der Waals surface area contributed by atoms with Gasteiger partial charge in [0.05, 0.1) is 36.5 Å². The molecule has 7 nitrogen and oxygen atoms in total. The first-order valence-electron chi connectivity index (χ1n) is 12.3. The van der Waals surface area contributed by atoms with E-state index >= 15 is 0 Å². The van der Waals surface area contributed by atoms with Crippen LogP contribution >= 0.6 is 34.5 Å². The third kappa shape index (κ3) is 7.79. The van der Waals surface area contributed by atoms with E-state index in [0.717, 1.165) is 10.4 Å². The van der Waals surface area contributed by atoms with Gasteiger partial charge in [-0.3, -0.25) is 4.79 Å². The van der Waals surface area contributed by atoms with E-state index in [1.807, 2.05) is 49.6 Å². The molecule has 38 heavy (non-hydrogen) atoms. The molecule has 1 aromatic heterocycles. The van der Waals surface area contributed by atoms with Crippen molar-refractivity contribution in [3.63, 3.8) is 0 Å². The third-order valence-electron chi connectivity index (χ3n) is 6.28. The average Bonchev–Trinajstić information content (AvgIpc) is 3.44. The van der Waals surface area contributed by atoms with Gasteiger partial charge in [0.1, 0.15) is 6.54 Å². The summed E-state index contributed by atoms with van der Waals surface area (Å²) >= 11 is 14.1. The molecule has 204 valence electrons. The molecular formula is C28H33Cl2N3O4S. The number of thiophene rings is 1. The van der Waals surface area contributed by atoms with Gasteiger partial charge in [-0.15, -0.1) is 11.3 Å². The number of carbonyl (C=O) groups is 2. The van der Waals surface area contributed by atoms with Crippen LogP contribution in [0.2, 0.25) is 10.0 Å². The van der Waals surface area contributed by atoms with Crippen molar-refractivity contribution in [2.24, 2.45) is 0 Å². The monoisotopic (exact) mass is 577 g/mol. The number of nitrogens with zero attached hydrogens (tertiary/aromatic N) is 2. The predicted molar refractivity (Wildman–Crippen MR) is 155 cm³/mol. The van der Waals surface area contributed by atoms with E-state index in [1.54, 1.807) is 48.7 Å². The molecule has 0 saturated carbocycles. The van der Waals surface area contributed by atoms with Crippen LogP contribution in [0.3, 0.4) is 0 Å². The van der Waals surface area contributed by atoms with E-state index in [-0.39, 0.29) is 18.5 Å². The van der Waals surface area contributed by atoms with Gasteiger partial charge in [0.25, 0.3) is 0 Å². The Hall–Kier alpha value is -2.94. The number of anilines is 1. The van der Waals surface area contributed by atoms with Crippen molar-refractivity contribution in [2.75, 3.05) is 32.6 Å². The van der Waals surface area contributed by atoms with Crippen LogP contribution in [0.5, 0.6) is 11.5 Å². The molecule has 0 aliphatic rings. The molecule has 0 spiro atoms. The van der Waals surface area contributed by atoms with E-state index in [2.05, 4.69) is 5.32 Å². The van der Waals surface area contributed by atoms with Crippen LogP contribution in [-0.2, 0) is 17.8 Å². The first kappa shape index (κ1) is 29.6. The van der Waals surface area contributed by atoms with Crippen LogP contribution in [0.15, 0.2) is 53.9 Å². The fourth-order valence-corrected chi connectivity index (χ4v) is 5.08. The zero-order chi connectivity index (χ0) is 27.7. The molecule has 0 radical (unpaired) electrons. The number of carbonyl (C=O) groups excluding carboxylic acids is 2. The largest absolute Gasteiger partial charge is 0.493 e. The maximum Gasteiger partial charge on any atom is 0.322 e. The molecule has 10 heteroatoms. The average molecular weight is 579 g/mol. The van der Waals surface area contributed by atoms with E-state index in [4.69, 9.17) is 32.7 Å². The molecule has 0 saturated heterocycles. The van der Waals surface area contributed by atoms with Gasteiger partial charge in [0, 0.05) is 17.5 Å². The highest BCUT2D eigenvalue weighted by atomic mass is 35.5. The highest BCUT2D eigenvalue weighted by Gasteiger charge is 2.26. The molecule has 1 unspecified atom stereocenters. The second-order valence-electron chi connectivity index (χ2n) is 8.75. The minimum Gasteiger partial charge on any atom is -0.493 e. The highest BCUT2D eigenvalue weighted by molar-refractivity contribution is 7.09. The predicted octanol–water partition coefficient (Wildman–Crippen LogP) is 6.98. The fourth-order valence-electron chi connectivity index (χ4n) is 3.87. The van der Waals surface area contributed by atoms with Crippen molar-refractivity contribution >= 4 is 52.2 Å². The second kappa shape index (κ2) is 14.3. The normalized spacial score (nSPS) is 11.5. The lowest BCUT2D eigenvalue weighted by molar-refractivity contribution is -0.132. The number of hydrogen-bond donors (Lipinski definition) is 1. The van der Waals surface area contributed by atoms with E-state index in [9.17, 15) is 9.59 Å². The SMILES string of the molecule is CCC(C)N(CC(=O)N(CCc1ccc(OC)c(OC)c1)Cc1cccs1)C(=O)Nc1c(Cl)cccc1Cl. The van der Waals surface area contributed by atoms with Gasteiger partial charge in [-0.1, -0.05) is 48.3 Å². The van der Waals surface area contributed by atoms with Crippen molar-refractivity contribution < 1.29 is 19.1 Å². The number of halogens is 2. The Labute approximate surface area is 238 Å². The topological polar surface area (TPSA) is 71.1 Å². The Kier molecular flexibility index (Phi) is 11.1. The molecule has 3 aromatic rings. The Morgan fingerprint density at radius 2 is 1.74 bits per heavy atom. The lowest BCUT2D eigenvalue weighted by Gasteiger charge is -2.31. The van der Waals surface area contributed by atoms with Crippen LogP contribution in [-0.4, -0.2) is 55.1 Å². The van der Waals surface area contributed by atoms with Crippen molar-refractivity contribution in [3.8, 4) is 11.5 Å². The Morgan fingerprint density at radius 1 is 1.03 bits per heavy atom. The summed E-state index contributed by atoms with van der Waals surface area (Å²) in [6.45, 7) is 4.72. The molecule has 0 aliphatic heterocycles. The number of para-hydroxylation sites is 1. The number of nitrogens with one attached hydrogen (secondary N) is 1. The van der Waals surface area contributed by atoms with Gasteiger partial charge >= 0.3 is 6.03 Å². The number of ether oxygens (including phenoxy) is 2. The molecular weight excluding hydrogens is 545 g/mol. The third-order valence-corrected chi connectivity index (χ3v) is 7.77. The summed E-state index contributed by atoms with van der Waals surface area (Å²) in [4.78, 5) is 31.3. The molecule has 0 bridgehead atoms. The molecule has 0 fully saturated rings. The Bertz CT molecular complexity index is 1200. The number of amides is 3. The summed E-state index contributed by atoms with van der Waals surface area (Å²) in [5, 5.41) is 5.44. The van der Waals surface area contributed by atoms with Crippen LogP contribution in [0.4, 0.5) is 10.5 Å². The lowest BCUT2D eigenvalue weighted by atomic mass is 10.1. The van der Waals surface area contributed by atoms with Gasteiger partial charge in [-0.05, 0) is 61.0 Å². The van der Waals surface area contributed by atoms with E-state index < -0.39 is 6.03 Å². The summed E-state index contributed by atoms with van der Waals surface area (Å²) in [7, 11) is 3.19. The Balaban J connectivity index is 1.78. The lowest BCUT2D eigenvalue weighted by Crippen LogP contribution is -2.48. The number of benzene rings is 2. The number of rotatable bonds is 12. The molecule has 1 N–H and O–H groups in total. The van der Waals surface area contributed by atoms with E-state index in [1.165, 1.54) is 4.90 Å². The van der Waals surface area contributed by atoms with Crippen LogP contribution in [0.25, 0.3) is 0 Å². The van der Waals surface area contributed by atoms with Crippen molar-refractivity contribution in [3.05, 3.63) is 74.4 Å². The molecule has 3 rings (SSSR count). The first-order valence-corrected chi connectivity index (χ1v) is 13.9. The van der Waals surface area contributed by atoms with Gasteiger partial charge in [-0.2, -0.15) is 0 Å². The second-order valence-corrected chi connectivity index (χ2v) is 10.6. The smallest absolute Gasteiger partial charge is 0.322 e. The maximum atomic E-state index is 13.6. The van der Waals surface area contributed by atoms with E-state index in [0.29, 0.717) is 53.2 Å². The van der Waals surface area contributed by atoms with Gasteiger partial charge in [0.2, 0.25) is 5.91 Å². The highest BCUT2D eigenvalue weighted by Crippen LogP contribution is 2.30. The van der Waals surface area contributed by atoms with Crippen molar-refractivity contribution in [1.29, 1.82) is 0 Å². The minimum atomic E-state index is -0.432. The summed E-state index contributed by atoms with van der Waals surface area (Å²) in [5.41, 5.74) is 1.34. The van der Waals surface area contributed by atoms with Gasteiger partial charge in [0.15, 0.2) is 11.5 Å². The summed E-state index contributed by atoms with van der Waals surface area (Å²) in [5.74, 6) is 1.13. The Morgan fingerprint density at radius 3 is 2.34 bits per heavy atom. The van der Waals surface area contributed by atoms with Crippen LogP contribution in [0, 0.1) is 0 Å². The van der Waals surface area contributed by atoms with Crippen LogP contribution < -0.4 is 14.8 Å². The molecule has 2 aromatic carbocycles. The summed E-state index contributed by atoms with van der Waals surface area (Å²) in [6, 6.07) is 14.1. The standard InChI is InChI=1S/C28H33Cl2N3O4S/c1-5-19(2)33(28(35)31-27-22(29)9-6-10-23(27)30)18-26(34)32(17-21-8-7-15-38-21)14-13-20-11-12-24(36-3)25(16-20)37-4/h6-12,15-16,19H,5,13-14,17-18H2,1-4H3,(H,31,35). The minimum absolute atomic E-state index is 0.0831. The van der Waals surface area contributed by atoms with Gasteiger partial charge < -0.3 is 24.6 Å². The molecule has 0 aliphatic carbocycles. The maximum absolute atomic E-state index is 13.6. The van der Waals surface area contributed by atoms with Crippen LogP contribution in [0.1, 0.15) is 30.7 Å². The zero-order valence-corrected chi connectivity index (χ0v) is 24.3. The fraction of sp³-hybridized carbons (Fsp3) is 0.357. The van der Waals surface area contributed by atoms with Crippen molar-refractivity contribution in [2.45, 2.75) is 39.3 Å². The van der Waals surface area contributed by atoms with Crippen molar-refractivity contribution in [1.82, 2.24) is 9.80 Å². The van der Waals surface area contributed by atoms with Gasteiger partial charge in [-0.25, -0.2) is 4.79 Å². The summed E-state index contributed by atoms with van der Waals surface area (Å²) < 4.78 is 10.8. The number of hydrogen-bond acceptors (Lipinski definition) is 5. The molecule has 3 amide bonds. The molecule has 1 atom stereocenters. The molecule has 1 heterocycles. The number of methoxy groups -OCH3 is 2. The number of urea groups is 1. The first-order chi connectivity index (χ1) is 18.3. The summed E-state index contributed by atoms with van der Waals surface area (Å²) in [6.07, 6.45) is 1.29. The quantitative estimate of drug-likeness (QED) is 0.252.